The molecule has 0 aliphatic rings. The van der Waals surface area contributed by atoms with Gasteiger partial charge in [-0.15, -0.1) is 0 Å². The predicted molar refractivity (Wildman–Crippen MR) is 81.8 cm³/mol. The van der Waals surface area contributed by atoms with E-state index in [1.165, 1.54) is 6.08 Å². The SMILES string of the molecule is [CH2]CCCOc1c(Cl)cc(OCC=C(Cl)Cl)cc1Cl. The van der Waals surface area contributed by atoms with Gasteiger partial charge in [0.05, 0.1) is 16.7 Å². The zero-order chi connectivity index (χ0) is 14.3. The van der Waals surface area contributed by atoms with Crippen LogP contribution in [0.2, 0.25) is 10.0 Å². The molecule has 0 fully saturated rings. The Labute approximate surface area is 133 Å². The molecule has 0 aliphatic carbocycles. The van der Waals surface area contributed by atoms with E-state index in [1.807, 2.05) is 0 Å². The molecule has 105 valence electrons. The number of halogens is 4. The van der Waals surface area contributed by atoms with Gasteiger partial charge < -0.3 is 9.47 Å². The highest BCUT2D eigenvalue weighted by Crippen LogP contribution is 2.37. The Morgan fingerprint density at radius 2 is 1.79 bits per heavy atom. The first kappa shape index (κ1) is 16.8. The standard InChI is InChI=1S/C13H13Cl4O2/c1-2-3-5-19-13-10(14)7-9(8-11(13)15)18-6-4-12(16)17/h4,7-8H,1-3,5-6H2. The molecule has 1 aromatic rings. The van der Waals surface area contributed by atoms with Crippen LogP contribution in [-0.4, -0.2) is 13.2 Å². The summed E-state index contributed by atoms with van der Waals surface area (Å²) in [5, 5.41) is 0.792. The molecule has 1 radical (unpaired) electrons. The molecule has 0 bridgehead atoms. The fourth-order valence-corrected chi connectivity index (χ4v) is 1.94. The first-order valence-corrected chi connectivity index (χ1v) is 7.11. The smallest absolute Gasteiger partial charge is 0.156 e. The summed E-state index contributed by atoms with van der Waals surface area (Å²) < 4.78 is 11.0. The molecule has 2 nitrogen and oxygen atoms in total. The Kier molecular flexibility index (Phi) is 7.77. The average molecular weight is 343 g/mol. The largest absolute Gasteiger partial charge is 0.490 e. The van der Waals surface area contributed by atoms with E-state index in [4.69, 9.17) is 55.9 Å². The summed E-state index contributed by atoms with van der Waals surface area (Å²) in [7, 11) is 0. The van der Waals surface area contributed by atoms with Crippen LogP contribution in [0.3, 0.4) is 0 Å². The Bertz CT molecular complexity index is 419. The second kappa shape index (κ2) is 8.80. The molecule has 0 atom stereocenters. The third-order valence-corrected chi connectivity index (χ3v) is 2.97. The quantitative estimate of drug-likeness (QED) is 0.593. The van der Waals surface area contributed by atoms with Gasteiger partial charge in [-0.1, -0.05) is 59.7 Å². The van der Waals surface area contributed by atoms with Crippen molar-refractivity contribution in [1.82, 2.24) is 0 Å². The molecule has 0 heterocycles. The van der Waals surface area contributed by atoms with Gasteiger partial charge in [-0.25, -0.2) is 0 Å². The highest BCUT2D eigenvalue weighted by Gasteiger charge is 2.10. The second-order valence-electron chi connectivity index (χ2n) is 3.58. The van der Waals surface area contributed by atoms with E-state index in [2.05, 4.69) is 6.92 Å². The van der Waals surface area contributed by atoms with Gasteiger partial charge in [-0.05, 0) is 12.5 Å². The van der Waals surface area contributed by atoms with Crippen LogP contribution < -0.4 is 9.47 Å². The minimum absolute atomic E-state index is 0.144. The molecule has 0 saturated heterocycles. The molecule has 0 amide bonds. The van der Waals surface area contributed by atoms with Gasteiger partial charge in [-0.3, -0.25) is 0 Å². The van der Waals surface area contributed by atoms with E-state index in [0.717, 1.165) is 12.8 Å². The monoisotopic (exact) mass is 341 g/mol. The van der Waals surface area contributed by atoms with Gasteiger partial charge in [-0.2, -0.15) is 0 Å². The van der Waals surface area contributed by atoms with Crippen molar-refractivity contribution in [2.75, 3.05) is 13.2 Å². The molecule has 0 spiro atoms. The van der Waals surface area contributed by atoms with E-state index < -0.39 is 0 Å². The zero-order valence-electron chi connectivity index (χ0n) is 10.1. The van der Waals surface area contributed by atoms with Crippen LogP contribution in [0, 0.1) is 6.92 Å². The van der Waals surface area contributed by atoms with Crippen LogP contribution in [0.1, 0.15) is 12.8 Å². The van der Waals surface area contributed by atoms with Crippen LogP contribution in [0.25, 0.3) is 0 Å². The number of rotatable bonds is 7. The molecule has 0 saturated carbocycles. The van der Waals surface area contributed by atoms with Gasteiger partial charge in [0, 0.05) is 12.1 Å². The number of hydrogen-bond acceptors (Lipinski definition) is 2. The first-order chi connectivity index (χ1) is 9.04. The number of benzene rings is 1. The Balaban J connectivity index is 2.70. The maximum absolute atomic E-state index is 6.08. The number of unbranched alkanes of at least 4 members (excludes halogenated alkanes) is 1. The maximum Gasteiger partial charge on any atom is 0.156 e. The summed E-state index contributed by atoms with van der Waals surface area (Å²) >= 11 is 23.1. The minimum atomic E-state index is 0.144. The van der Waals surface area contributed by atoms with E-state index in [0.29, 0.717) is 28.2 Å². The zero-order valence-corrected chi connectivity index (χ0v) is 13.1. The summed E-state index contributed by atoms with van der Waals surface area (Å²) in [6.07, 6.45) is 3.15. The molecule has 0 aromatic heterocycles. The topological polar surface area (TPSA) is 18.5 Å². The Morgan fingerprint density at radius 3 is 2.32 bits per heavy atom. The molecule has 0 N–H and O–H groups in total. The van der Waals surface area contributed by atoms with Crippen LogP contribution in [0.4, 0.5) is 0 Å². The van der Waals surface area contributed by atoms with Gasteiger partial charge in [0.1, 0.15) is 16.8 Å². The van der Waals surface area contributed by atoms with E-state index in [-0.39, 0.29) is 11.1 Å². The van der Waals surface area contributed by atoms with Crippen molar-refractivity contribution in [3.63, 3.8) is 0 Å². The van der Waals surface area contributed by atoms with Crippen LogP contribution >= 0.6 is 46.4 Å². The van der Waals surface area contributed by atoms with E-state index in [1.54, 1.807) is 12.1 Å². The van der Waals surface area contributed by atoms with Crippen molar-refractivity contribution in [3.05, 3.63) is 39.7 Å². The van der Waals surface area contributed by atoms with Gasteiger partial charge >= 0.3 is 0 Å². The lowest BCUT2D eigenvalue weighted by Crippen LogP contribution is -1.99. The molecule has 1 aromatic carbocycles. The van der Waals surface area contributed by atoms with Crippen molar-refractivity contribution in [1.29, 1.82) is 0 Å². The number of hydrogen-bond donors (Lipinski definition) is 0. The Hall–Kier alpha value is -0.280. The third kappa shape index (κ3) is 6.13. The average Bonchev–Trinajstić information content (AvgIpc) is 2.32. The lowest BCUT2D eigenvalue weighted by Gasteiger charge is -2.11. The molecular weight excluding hydrogens is 330 g/mol. The van der Waals surface area contributed by atoms with E-state index >= 15 is 0 Å². The lowest BCUT2D eigenvalue weighted by molar-refractivity contribution is 0.311. The third-order valence-electron chi connectivity index (χ3n) is 2.10. The summed E-state index contributed by atoms with van der Waals surface area (Å²) in [6, 6.07) is 3.26. The maximum atomic E-state index is 6.08. The summed E-state index contributed by atoms with van der Waals surface area (Å²) in [5.74, 6) is 0.973. The first-order valence-electron chi connectivity index (χ1n) is 5.59. The molecule has 0 unspecified atom stereocenters. The Morgan fingerprint density at radius 1 is 1.16 bits per heavy atom. The second-order valence-corrected chi connectivity index (χ2v) is 5.40. The van der Waals surface area contributed by atoms with Crippen molar-refractivity contribution >= 4 is 46.4 Å². The van der Waals surface area contributed by atoms with Crippen molar-refractivity contribution in [2.24, 2.45) is 0 Å². The highest BCUT2D eigenvalue weighted by molar-refractivity contribution is 6.55. The van der Waals surface area contributed by atoms with Crippen LogP contribution in [0.5, 0.6) is 11.5 Å². The molecule has 0 aliphatic heterocycles. The van der Waals surface area contributed by atoms with Crippen molar-refractivity contribution in [2.45, 2.75) is 12.8 Å². The van der Waals surface area contributed by atoms with Gasteiger partial charge in [0.25, 0.3) is 0 Å². The molecule has 1 rings (SSSR count). The van der Waals surface area contributed by atoms with Crippen molar-refractivity contribution < 1.29 is 9.47 Å². The van der Waals surface area contributed by atoms with Gasteiger partial charge in [0.15, 0.2) is 5.75 Å². The minimum Gasteiger partial charge on any atom is -0.490 e. The predicted octanol–water partition coefficient (Wildman–Crippen LogP) is 5.68. The van der Waals surface area contributed by atoms with Crippen LogP contribution in [0.15, 0.2) is 22.7 Å². The number of ether oxygens (including phenoxy) is 2. The van der Waals surface area contributed by atoms with Gasteiger partial charge in [0.2, 0.25) is 0 Å². The van der Waals surface area contributed by atoms with Crippen LogP contribution in [-0.2, 0) is 0 Å². The fraction of sp³-hybridized carbons (Fsp3) is 0.308. The van der Waals surface area contributed by atoms with Crippen molar-refractivity contribution in [3.8, 4) is 11.5 Å². The molecular formula is C13H13Cl4O2. The molecule has 19 heavy (non-hydrogen) atoms. The summed E-state index contributed by atoms with van der Waals surface area (Å²) in [6.45, 7) is 4.49. The lowest BCUT2D eigenvalue weighted by atomic mass is 10.3. The summed E-state index contributed by atoms with van der Waals surface area (Å²) in [4.78, 5) is 0. The fourth-order valence-electron chi connectivity index (χ4n) is 1.24. The molecule has 6 heteroatoms. The summed E-state index contributed by atoms with van der Waals surface area (Å²) in [5.41, 5.74) is 0. The highest BCUT2D eigenvalue weighted by atomic mass is 35.5. The van der Waals surface area contributed by atoms with E-state index in [9.17, 15) is 0 Å². The normalized spacial score (nSPS) is 10.2.